The van der Waals surface area contributed by atoms with Crippen molar-refractivity contribution in [2.75, 3.05) is 13.7 Å². The molecule has 2 N–H and O–H groups in total. The molecule has 0 radical (unpaired) electrons. The Morgan fingerprint density at radius 3 is 2.71 bits per heavy atom. The van der Waals surface area contributed by atoms with Gasteiger partial charge in [0.2, 0.25) is 5.88 Å². The third-order valence-corrected chi connectivity index (χ3v) is 1.38. The van der Waals surface area contributed by atoms with Crippen LogP contribution in [-0.2, 0) is 0 Å². The molecule has 14 heavy (non-hydrogen) atoms. The smallest absolute Gasteiger partial charge is 0.213 e. The summed E-state index contributed by atoms with van der Waals surface area (Å²) < 4.78 is 4.96. The molecule has 0 bridgehead atoms. The van der Waals surface area contributed by atoms with E-state index in [-0.39, 0.29) is 24.8 Å². The van der Waals surface area contributed by atoms with E-state index in [2.05, 4.69) is 4.98 Å². The molecule has 0 aliphatic carbocycles. The Balaban J connectivity index is 0. The van der Waals surface area contributed by atoms with Crippen LogP contribution in [0.4, 0.5) is 0 Å². The average Bonchev–Trinajstić information content (AvgIpc) is 2.15. The Labute approximate surface area is 96.2 Å². The number of nitrogens with zero attached hydrogens (tertiary/aromatic N) is 1. The molecule has 0 unspecified atom stereocenters. The standard InChI is InChI=1S/C9H12N2O.2ClH/c1-12-9-6-2-4-8(11-9)5-3-7-10;;/h2-6H,7,10H2,1H3;2*1H. The summed E-state index contributed by atoms with van der Waals surface area (Å²) in [7, 11) is 1.60. The highest BCUT2D eigenvalue weighted by Crippen LogP contribution is 2.07. The van der Waals surface area contributed by atoms with Crippen LogP contribution in [-0.4, -0.2) is 18.6 Å². The van der Waals surface area contributed by atoms with Crippen molar-refractivity contribution in [3.8, 4) is 5.88 Å². The SMILES string of the molecule is COc1cccc(C=CCN)n1.Cl.Cl. The van der Waals surface area contributed by atoms with Crippen LogP contribution in [0.5, 0.6) is 5.88 Å². The van der Waals surface area contributed by atoms with E-state index >= 15 is 0 Å². The molecule has 3 nitrogen and oxygen atoms in total. The van der Waals surface area contributed by atoms with Crippen LogP contribution < -0.4 is 10.5 Å². The molecule has 0 fully saturated rings. The van der Waals surface area contributed by atoms with Gasteiger partial charge in [0.25, 0.3) is 0 Å². The molecule has 0 saturated carbocycles. The van der Waals surface area contributed by atoms with Crippen LogP contribution in [0.1, 0.15) is 5.69 Å². The lowest BCUT2D eigenvalue weighted by Crippen LogP contribution is -1.93. The minimum absolute atomic E-state index is 0. The highest BCUT2D eigenvalue weighted by atomic mass is 35.5. The fraction of sp³-hybridized carbons (Fsp3) is 0.222. The first-order valence-corrected chi connectivity index (χ1v) is 3.74. The van der Waals surface area contributed by atoms with Crippen LogP contribution in [0.25, 0.3) is 6.08 Å². The first-order valence-electron chi connectivity index (χ1n) is 3.74. The van der Waals surface area contributed by atoms with Gasteiger partial charge < -0.3 is 10.5 Å². The molecule has 0 aliphatic heterocycles. The number of halogens is 2. The van der Waals surface area contributed by atoms with Gasteiger partial charge in [0.05, 0.1) is 12.8 Å². The topological polar surface area (TPSA) is 48.1 Å². The molecular weight excluding hydrogens is 223 g/mol. The normalized spacial score (nSPS) is 9.00. The van der Waals surface area contributed by atoms with Gasteiger partial charge in [0.1, 0.15) is 0 Å². The summed E-state index contributed by atoms with van der Waals surface area (Å²) in [6, 6.07) is 5.59. The lowest BCUT2D eigenvalue weighted by Gasteiger charge is -1.98. The fourth-order valence-corrected chi connectivity index (χ4v) is 0.826. The Hall–Kier alpha value is -0.770. The Bertz CT molecular complexity index is 279. The zero-order valence-corrected chi connectivity index (χ0v) is 9.48. The number of nitrogens with two attached hydrogens (primary N) is 1. The molecular formula is C9H14Cl2N2O. The van der Waals surface area contributed by atoms with Crippen molar-refractivity contribution in [2.45, 2.75) is 0 Å². The number of hydrogen-bond acceptors (Lipinski definition) is 3. The second-order valence-electron chi connectivity index (χ2n) is 2.24. The van der Waals surface area contributed by atoms with Gasteiger partial charge in [0.15, 0.2) is 0 Å². The van der Waals surface area contributed by atoms with Crippen molar-refractivity contribution < 1.29 is 4.74 Å². The van der Waals surface area contributed by atoms with Gasteiger partial charge in [-0.25, -0.2) is 4.98 Å². The lowest BCUT2D eigenvalue weighted by atomic mass is 10.3. The van der Waals surface area contributed by atoms with Crippen molar-refractivity contribution in [1.82, 2.24) is 4.98 Å². The highest BCUT2D eigenvalue weighted by Gasteiger charge is 1.91. The second kappa shape index (κ2) is 8.81. The number of hydrogen-bond donors (Lipinski definition) is 1. The molecule has 0 spiro atoms. The van der Waals surface area contributed by atoms with Crippen molar-refractivity contribution in [3.63, 3.8) is 0 Å². The lowest BCUT2D eigenvalue weighted by molar-refractivity contribution is 0.397. The van der Waals surface area contributed by atoms with Gasteiger partial charge in [-0.05, 0) is 12.1 Å². The maximum Gasteiger partial charge on any atom is 0.213 e. The van der Waals surface area contributed by atoms with Crippen LogP contribution in [0.3, 0.4) is 0 Å². The van der Waals surface area contributed by atoms with E-state index in [9.17, 15) is 0 Å². The first-order chi connectivity index (χ1) is 5.86. The van der Waals surface area contributed by atoms with Gasteiger partial charge in [-0.15, -0.1) is 24.8 Å². The molecule has 0 amide bonds. The Morgan fingerprint density at radius 1 is 1.43 bits per heavy atom. The summed E-state index contributed by atoms with van der Waals surface area (Å²) in [6.07, 6.45) is 3.71. The molecule has 1 heterocycles. The molecule has 5 heteroatoms. The maximum atomic E-state index is 5.30. The van der Waals surface area contributed by atoms with Gasteiger partial charge in [-0.3, -0.25) is 0 Å². The summed E-state index contributed by atoms with van der Waals surface area (Å²) in [5.41, 5.74) is 6.16. The van der Waals surface area contributed by atoms with E-state index in [0.29, 0.717) is 12.4 Å². The number of rotatable bonds is 3. The summed E-state index contributed by atoms with van der Waals surface area (Å²) in [4.78, 5) is 4.16. The van der Waals surface area contributed by atoms with E-state index in [0.717, 1.165) is 5.69 Å². The number of pyridine rings is 1. The quantitative estimate of drug-likeness (QED) is 0.873. The van der Waals surface area contributed by atoms with E-state index < -0.39 is 0 Å². The van der Waals surface area contributed by atoms with Crippen LogP contribution in [0, 0.1) is 0 Å². The van der Waals surface area contributed by atoms with Crippen molar-refractivity contribution in [1.29, 1.82) is 0 Å². The highest BCUT2D eigenvalue weighted by molar-refractivity contribution is 5.85. The predicted octanol–water partition coefficient (Wildman–Crippen LogP) is 1.91. The third-order valence-electron chi connectivity index (χ3n) is 1.38. The molecule has 0 atom stereocenters. The summed E-state index contributed by atoms with van der Waals surface area (Å²) >= 11 is 0. The molecule has 0 aliphatic rings. The molecule has 80 valence electrons. The van der Waals surface area contributed by atoms with Gasteiger partial charge in [0, 0.05) is 12.6 Å². The minimum Gasteiger partial charge on any atom is -0.481 e. The average molecular weight is 237 g/mol. The Kier molecular flexibility index (Phi) is 9.88. The maximum absolute atomic E-state index is 5.30. The molecule has 1 aromatic heterocycles. The predicted molar refractivity (Wildman–Crippen MR) is 63.4 cm³/mol. The largest absolute Gasteiger partial charge is 0.481 e. The molecule has 0 saturated heterocycles. The van der Waals surface area contributed by atoms with E-state index in [1.165, 1.54) is 0 Å². The monoisotopic (exact) mass is 236 g/mol. The summed E-state index contributed by atoms with van der Waals surface area (Å²) in [5, 5.41) is 0. The zero-order valence-electron chi connectivity index (χ0n) is 7.84. The van der Waals surface area contributed by atoms with Crippen molar-refractivity contribution in [2.24, 2.45) is 5.73 Å². The fourth-order valence-electron chi connectivity index (χ4n) is 0.826. The van der Waals surface area contributed by atoms with Crippen LogP contribution in [0.15, 0.2) is 24.3 Å². The molecule has 0 aromatic carbocycles. The number of methoxy groups -OCH3 is 1. The summed E-state index contributed by atoms with van der Waals surface area (Å²) in [5.74, 6) is 0.620. The number of aromatic nitrogens is 1. The molecule has 1 aromatic rings. The first kappa shape index (κ1) is 15.7. The second-order valence-corrected chi connectivity index (χ2v) is 2.24. The molecule has 1 rings (SSSR count). The third kappa shape index (κ3) is 5.07. The minimum atomic E-state index is 0. The Morgan fingerprint density at radius 2 is 2.14 bits per heavy atom. The van der Waals surface area contributed by atoms with E-state index in [4.69, 9.17) is 10.5 Å². The zero-order chi connectivity index (χ0) is 8.81. The van der Waals surface area contributed by atoms with Crippen molar-refractivity contribution in [3.05, 3.63) is 30.0 Å². The van der Waals surface area contributed by atoms with Crippen molar-refractivity contribution >= 4 is 30.9 Å². The summed E-state index contributed by atoms with van der Waals surface area (Å²) in [6.45, 7) is 0.527. The van der Waals surface area contributed by atoms with Gasteiger partial charge in [-0.1, -0.05) is 12.1 Å². The van der Waals surface area contributed by atoms with E-state index in [1.807, 2.05) is 24.3 Å². The number of ether oxygens (including phenoxy) is 1. The van der Waals surface area contributed by atoms with Gasteiger partial charge in [-0.2, -0.15) is 0 Å². The van der Waals surface area contributed by atoms with E-state index in [1.54, 1.807) is 13.2 Å². The van der Waals surface area contributed by atoms with Crippen LogP contribution in [0.2, 0.25) is 0 Å². The van der Waals surface area contributed by atoms with Crippen LogP contribution >= 0.6 is 24.8 Å². The van der Waals surface area contributed by atoms with Gasteiger partial charge >= 0.3 is 0 Å².